The fraction of sp³-hybridized carbons (Fsp3) is 0.682. The molecule has 4 nitrogen and oxygen atoms in total. The van der Waals surface area contributed by atoms with Gasteiger partial charge in [0.25, 0.3) is 0 Å². The van der Waals surface area contributed by atoms with Crippen molar-refractivity contribution in [1.82, 2.24) is 0 Å². The summed E-state index contributed by atoms with van der Waals surface area (Å²) in [7, 11) is 0. The van der Waals surface area contributed by atoms with Crippen molar-refractivity contribution in [3.05, 3.63) is 29.3 Å². The van der Waals surface area contributed by atoms with Gasteiger partial charge in [-0.25, -0.2) is 0 Å². The van der Waals surface area contributed by atoms with Crippen molar-refractivity contribution >= 4 is 5.97 Å². The molecule has 0 spiro atoms. The van der Waals surface area contributed by atoms with Gasteiger partial charge >= 0.3 is 5.97 Å². The van der Waals surface area contributed by atoms with E-state index in [-0.39, 0.29) is 16.8 Å². The molecule has 0 heterocycles. The Kier molecular flexibility index (Phi) is 3.29. The molecule has 3 saturated carbocycles. The molecule has 0 aromatic heterocycles. The molecule has 140 valence electrons. The first-order valence-corrected chi connectivity index (χ1v) is 10.0. The fourth-order valence-electron chi connectivity index (χ4n) is 7.56. The van der Waals surface area contributed by atoms with Gasteiger partial charge in [0.2, 0.25) is 0 Å². The highest BCUT2D eigenvalue weighted by Crippen LogP contribution is 2.77. The maximum Gasteiger partial charge on any atom is 0.308 e. The van der Waals surface area contributed by atoms with Crippen LogP contribution in [0.25, 0.3) is 0 Å². The Balaban J connectivity index is 1.53. The Bertz CT molecular complexity index is 788. The quantitative estimate of drug-likeness (QED) is 0.598. The first-order valence-electron chi connectivity index (χ1n) is 10.0. The number of carbonyl (C=O) groups is 1. The Labute approximate surface area is 154 Å². The normalized spacial score (nSPS) is 45.6. The number of rotatable bonds is 1. The zero-order valence-electron chi connectivity index (χ0n) is 15.6. The lowest BCUT2D eigenvalue weighted by molar-refractivity contribution is -0.131. The molecule has 26 heavy (non-hydrogen) atoms. The van der Waals surface area contributed by atoms with Crippen molar-refractivity contribution < 1.29 is 19.7 Å². The predicted octanol–water partition coefficient (Wildman–Crippen LogP) is 3.33. The molecule has 4 heteroatoms. The summed E-state index contributed by atoms with van der Waals surface area (Å²) in [5.74, 6) is 1.38. The summed E-state index contributed by atoms with van der Waals surface area (Å²) in [6.45, 7) is 3.68. The number of aryl methyl sites for hydroxylation is 1. The molecule has 1 aromatic rings. The average Bonchev–Trinajstić information content (AvgIpc) is 2.93. The number of benzene rings is 1. The van der Waals surface area contributed by atoms with E-state index in [2.05, 4.69) is 13.0 Å². The zero-order chi connectivity index (χ0) is 18.3. The van der Waals surface area contributed by atoms with Crippen LogP contribution in [0.2, 0.25) is 0 Å². The first kappa shape index (κ1) is 16.8. The third kappa shape index (κ3) is 1.80. The number of hydrogen-bond donors (Lipinski definition) is 2. The van der Waals surface area contributed by atoms with Gasteiger partial charge in [0, 0.05) is 12.3 Å². The SMILES string of the molecule is CC(=O)Oc1ccc2c(c1)CC[C@@H]1[C@@H]2CC[C@@]2(C)[C@]13CC[C@@]2(O)[C@@H](O)C3. The number of carbonyl (C=O) groups excluding carboxylic acids is 1. The van der Waals surface area contributed by atoms with Crippen molar-refractivity contribution in [2.45, 2.75) is 76.4 Å². The second kappa shape index (κ2) is 5.11. The zero-order valence-corrected chi connectivity index (χ0v) is 15.6. The van der Waals surface area contributed by atoms with Gasteiger partial charge in [0.05, 0.1) is 11.7 Å². The van der Waals surface area contributed by atoms with Crippen LogP contribution in [-0.2, 0) is 11.2 Å². The Morgan fingerprint density at radius 3 is 2.77 bits per heavy atom. The maximum absolute atomic E-state index is 11.3. The highest BCUT2D eigenvalue weighted by atomic mass is 16.5. The molecule has 4 aliphatic rings. The van der Waals surface area contributed by atoms with Crippen molar-refractivity contribution in [3.63, 3.8) is 0 Å². The molecule has 0 saturated heterocycles. The smallest absolute Gasteiger partial charge is 0.308 e. The van der Waals surface area contributed by atoms with Crippen molar-refractivity contribution in [1.29, 1.82) is 0 Å². The maximum atomic E-state index is 11.3. The summed E-state index contributed by atoms with van der Waals surface area (Å²) < 4.78 is 5.27. The van der Waals surface area contributed by atoms with E-state index in [1.807, 2.05) is 12.1 Å². The van der Waals surface area contributed by atoms with E-state index in [9.17, 15) is 15.0 Å². The molecule has 2 bridgehead atoms. The number of fused-ring (bicyclic) bond motifs is 3. The monoisotopic (exact) mass is 356 g/mol. The molecule has 0 radical (unpaired) electrons. The summed E-state index contributed by atoms with van der Waals surface area (Å²) in [5, 5.41) is 21.9. The van der Waals surface area contributed by atoms with E-state index in [1.54, 1.807) is 0 Å². The van der Waals surface area contributed by atoms with Gasteiger partial charge in [0.15, 0.2) is 0 Å². The van der Waals surface area contributed by atoms with Gasteiger partial charge in [-0.2, -0.15) is 0 Å². The van der Waals surface area contributed by atoms with Crippen LogP contribution in [0.5, 0.6) is 5.75 Å². The minimum Gasteiger partial charge on any atom is -0.427 e. The minimum absolute atomic E-state index is 0.0658. The van der Waals surface area contributed by atoms with Gasteiger partial charge in [-0.05, 0) is 85.5 Å². The second-order valence-corrected chi connectivity index (χ2v) is 9.38. The lowest BCUT2D eigenvalue weighted by Gasteiger charge is -2.56. The van der Waals surface area contributed by atoms with Crippen LogP contribution < -0.4 is 4.74 Å². The van der Waals surface area contributed by atoms with Crippen molar-refractivity contribution in [2.24, 2.45) is 16.7 Å². The first-order chi connectivity index (χ1) is 12.3. The van der Waals surface area contributed by atoms with Crippen LogP contribution in [0.3, 0.4) is 0 Å². The third-order valence-corrected chi connectivity index (χ3v) is 8.77. The van der Waals surface area contributed by atoms with Crippen LogP contribution in [0.15, 0.2) is 18.2 Å². The summed E-state index contributed by atoms with van der Waals surface area (Å²) in [5.41, 5.74) is 1.71. The Morgan fingerprint density at radius 1 is 1.23 bits per heavy atom. The van der Waals surface area contributed by atoms with E-state index in [1.165, 1.54) is 18.1 Å². The molecule has 6 atom stereocenters. The van der Waals surface area contributed by atoms with E-state index in [0.717, 1.165) is 44.9 Å². The van der Waals surface area contributed by atoms with Crippen LogP contribution in [0, 0.1) is 16.7 Å². The molecule has 2 N–H and O–H groups in total. The van der Waals surface area contributed by atoms with Crippen LogP contribution in [-0.4, -0.2) is 27.9 Å². The van der Waals surface area contributed by atoms with Crippen molar-refractivity contribution in [2.75, 3.05) is 0 Å². The van der Waals surface area contributed by atoms with Gasteiger partial charge in [0.1, 0.15) is 5.75 Å². The third-order valence-electron chi connectivity index (χ3n) is 8.77. The molecule has 3 fully saturated rings. The second-order valence-electron chi connectivity index (χ2n) is 9.38. The molecule has 0 unspecified atom stereocenters. The number of ether oxygens (including phenoxy) is 1. The summed E-state index contributed by atoms with van der Waals surface area (Å²) in [6, 6.07) is 6.10. The molecule has 0 aliphatic heterocycles. The predicted molar refractivity (Wildman–Crippen MR) is 96.9 cm³/mol. The Hall–Kier alpha value is -1.39. The average molecular weight is 356 g/mol. The standard InChI is InChI=1S/C22H28O4/c1-13(23)26-15-4-5-16-14(11-15)3-6-18-17(16)7-8-20(2)21(18)9-10-22(20,25)19(24)12-21/h4-5,11,17-19,24-25H,3,6-10,12H2,1-2H3/t17-,18-,19+,20+,21+,22-/m1/s1. The topological polar surface area (TPSA) is 66.8 Å². The number of aliphatic hydroxyl groups excluding tert-OH is 1. The largest absolute Gasteiger partial charge is 0.427 e. The molecular weight excluding hydrogens is 328 g/mol. The van der Waals surface area contributed by atoms with E-state index < -0.39 is 11.7 Å². The molecule has 1 aromatic carbocycles. The summed E-state index contributed by atoms with van der Waals surface area (Å²) in [6.07, 6.45) is 6.09. The summed E-state index contributed by atoms with van der Waals surface area (Å²) in [4.78, 5) is 11.2. The van der Waals surface area contributed by atoms with Gasteiger partial charge in [-0.1, -0.05) is 13.0 Å². The van der Waals surface area contributed by atoms with Gasteiger partial charge in [-0.15, -0.1) is 0 Å². The van der Waals surface area contributed by atoms with Crippen molar-refractivity contribution in [3.8, 4) is 5.75 Å². The molecular formula is C22H28O4. The lowest BCUT2D eigenvalue weighted by Crippen LogP contribution is -2.53. The lowest BCUT2D eigenvalue weighted by atomic mass is 9.48. The molecule has 4 aliphatic carbocycles. The summed E-state index contributed by atoms with van der Waals surface area (Å²) >= 11 is 0. The van der Waals surface area contributed by atoms with Gasteiger partial charge in [-0.3, -0.25) is 4.79 Å². The number of hydrogen-bond acceptors (Lipinski definition) is 4. The van der Waals surface area contributed by atoms with Crippen LogP contribution in [0.1, 0.15) is 69.4 Å². The van der Waals surface area contributed by atoms with Crippen LogP contribution in [0.4, 0.5) is 0 Å². The Morgan fingerprint density at radius 2 is 2.04 bits per heavy atom. The molecule has 5 rings (SSSR count). The highest BCUT2D eigenvalue weighted by molar-refractivity contribution is 5.69. The number of aliphatic hydroxyl groups is 2. The van der Waals surface area contributed by atoms with E-state index >= 15 is 0 Å². The van der Waals surface area contributed by atoms with E-state index in [0.29, 0.717) is 17.6 Å². The minimum atomic E-state index is -0.891. The van der Waals surface area contributed by atoms with E-state index in [4.69, 9.17) is 4.74 Å². The number of esters is 1. The van der Waals surface area contributed by atoms with Gasteiger partial charge < -0.3 is 14.9 Å². The van der Waals surface area contributed by atoms with Crippen LogP contribution >= 0.6 is 0 Å². The fourth-order valence-corrected chi connectivity index (χ4v) is 7.56. The highest BCUT2D eigenvalue weighted by Gasteiger charge is 2.76. The molecule has 0 amide bonds.